The molecule has 14 heavy (non-hydrogen) atoms. The molecule has 1 N–H and O–H groups in total. The summed E-state index contributed by atoms with van der Waals surface area (Å²) >= 11 is 0. The number of hydrogen-bond acceptors (Lipinski definition) is 4. The zero-order valence-electron chi connectivity index (χ0n) is 8.70. The van der Waals surface area contributed by atoms with Crippen molar-refractivity contribution < 1.29 is 18.0 Å². The lowest BCUT2D eigenvalue weighted by Gasteiger charge is -2.13. The fraction of sp³-hybridized carbons (Fsp3) is 0.750. The number of rotatable bonds is 4. The summed E-state index contributed by atoms with van der Waals surface area (Å²) in [4.78, 5) is 22.0. The van der Waals surface area contributed by atoms with Gasteiger partial charge in [0.25, 0.3) is 0 Å². The van der Waals surface area contributed by atoms with Crippen LogP contribution < -0.4 is 5.32 Å². The number of Topliss-reactive ketones (excluding diaryl/α,β-unsaturated/α-hetero) is 1. The molecule has 5 nitrogen and oxygen atoms in total. The second-order valence-corrected chi connectivity index (χ2v) is 5.68. The highest BCUT2D eigenvalue weighted by molar-refractivity contribution is 7.92. The van der Waals surface area contributed by atoms with Gasteiger partial charge in [0.2, 0.25) is 5.91 Å². The number of nitrogens with one attached hydrogen (secondary N) is 1. The molecule has 2 atom stereocenters. The largest absolute Gasteiger partial charge is 0.345 e. The van der Waals surface area contributed by atoms with Gasteiger partial charge >= 0.3 is 0 Å². The number of carbonyl (C=O) groups excluding carboxylic acids is 2. The highest BCUT2D eigenvalue weighted by atomic mass is 32.2. The monoisotopic (exact) mass is 221 g/mol. The quantitative estimate of drug-likeness (QED) is 0.695. The number of sulfone groups is 1. The Bertz CT molecular complexity index is 333. The third-order valence-electron chi connectivity index (χ3n) is 1.98. The molecule has 0 radical (unpaired) electrons. The molecule has 0 rings (SSSR count). The summed E-state index contributed by atoms with van der Waals surface area (Å²) in [5.41, 5.74) is 0. The van der Waals surface area contributed by atoms with E-state index in [9.17, 15) is 18.0 Å². The Balaban J connectivity index is 4.45. The Kier molecular flexibility index (Phi) is 4.25. The lowest BCUT2D eigenvalue weighted by molar-refractivity contribution is -0.126. The molecular formula is C8H15NO4S. The second kappa shape index (κ2) is 4.54. The Morgan fingerprint density at radius 3 is 1.93 bits per heavy atom. The van der Waals surface area contributed by atoms with Crippen LogP contribution in [0.25, 0.3) is 0 Å². The average Bonchev–Trinajstić information content (AvgIpc) is 2.00. The highest BCUT2D eigenvalue weighted by Crippen LogP contribution is 1.98. The van der Waals surface area contributed by atoms with Crippen molar-refractivity contribution in [3.8, 4) is 0 Å². The summed E-state index contributed by atoms with van der Waals surface area (Å²) in [5, 5.41) is 1.20. The van der Waals surface area contributed by atoms with E-state index in [4.69, 9.17) is 0 Å². The van der Waals surface area contributed by atoms with Crippen LogP contribution in [0.4, 0.5) is 0 Å². The Labute approximate surface area is 83.8 Å². The van der Waals surface area contributed by atoms with Crippen molar-refractivity contribution in [1.82, 2.24) is 5.32 Å². The van der Waals surface area contributed by atoms with Crippen LogP contribution in [-0.4, -0.2) is 37.7 Å². The summed E-state index contributed by atoms with van der Waals surface area (Å²) in [5.74, 6) is -0.853. The molecule has 0 spiro atoms. The van der Waals surface area contributed by atoms with E-state index in [0.717, 1.165) is 6.26 Å². The Morgan fingerprint density at radius 2 is 1.64 bits per heavy atom. The molecule has 0 bridgehead atoms. The van der Waals surface area contributed by atoms with E-state index in [1.54, 1.807) is 0 Å². The number of amides is 1. The minimum atomic E-state index is -3.40. The van der Waals surface area contributed by atoms with E-state index in [-0.39, 0.29) is 5.78 Å². The van der Waals surface area contributed by atoms with Crippen molar-refractivity contribution in [2.75, 3.05) is 6.26 Å². The van der Waals surface area contributed by atoms with Gasteiger partial charge in [-0.15, -0.1) is 0 Å². The molecule has 0 aliphatic heterocycles. The van der Waals surface area contributed by atoms with Crippen LogP contribution in [0.1, 0.15) is 20.8 Å². The van der Waals surface area contributed by atoms with Gasteiger partial charge in [-0.1, -0.05) is 0 Å². The summed E-state index contributed by atoms with van der Waals surface area (Å²) in [6.07, 6.45) is 0.982. The zero-order valence-corrected chi connectivity index (χ0v) is 9.51. The van der Waals surface area contributed by atoms with E-state index < -0.39 is 27.0 Å². The fourth-order valence-electron chi connectivity index (χ4n) is 0.627. The fourth-order valence-corrected chi connectivity index (χ4v) is 1.08. The van der Waals surface area contributed by atoms with Gasteiger partial charge in [0.15, 0.2) is 15.6 Å². The van der Waals surface area contributed by atoms with Crippen molar-refractivity contribution in [3.05, 3.63) is 0 Å². The Hall–Kier alpha value is -0.910. The van der Waals surface area contributed by atoms with Gasteiger partial charge in [0.1, 0.15) is 5.25 Å². The van der Waals surface area contributed by atoms with E-state index in [1.807, 2.05) is 0 Å². The summed E-state index contributed by atoms with van der Waals surface area (Å²) < 4.78 is 22.0. The lowest BCUT2D eigenvalue weighted by atomic mass is 10.2. The Morgan fingerprint density at radius 1 is 1.21 bits per heavy atom. The normalized spacial score (nSPS) is 15.7. The predicted molar refractivity (Wildman–Crippen MR) is 52.6 cm³/mol. The maximum Gasteiger partial charge on any atom is 0.238 e. The van der Waals surface area contributed by atoms with E-state index in [1.165, 1.54) is 20.8 Å². The highest BCUT2D eigenvalue weighted by Gasteiger charge is 2.25. The predicted octanol–water partition coefficient (Wildman–Crippen LogP) is -0.487. The van der Waals surface area contributed by atoms with Gasteiger partial charge < -0.3 is 5.32 Å². The van der Waals surface area contributed by atoms with E-state index in [2.05, 4.69) is 5.32 Å². The number of carbonyl (C=O) groups is 2. The van der Waals surface area contributed by atoms with Crippen molar-refractivity contribution >= 4 is 21.5 Å². The first-order valence-corrected chi connectivity index (χ1v) is 6.11. The van der Waals surface area contributed by atoms with Gasteiger partial charge in [-0.3, -0.25) is 9.59 Å². The molecule has 0 aliphatic rings. The average molecular weight is 221 g/mol. The third-order valence-corrected chi connectivity index (χ3v) is 3.48. The second-order valence-electron chi connectivity index (χ2n) is 3.31. The molecule has 0 aromatic rings. The molecule has 0 aliphatic carbocycles. The van der Waals surface area contributed by atoms with Crippen LogP contribution in [0.3, 0.4) is 0 Å². The van der Waals surface area contributed by atoms with E-state index >= 15 is 0 Å². The van der Waals surface area contributed by atoms with Crippen molar-refractivity contribution in [3.63, 3.8) is 0 Å². The van der Waals surface area contributed by atoms with Gasteiger partial charge in [0.05, 0.1) is 6.04 Å². The van der Waals surface area contributed by atoms with Crippen LogP contribution in [0.15, 0.2) is 0 Å². The van der Waals surface area contributed by atoms with Gasteiger partial charge in [-0.2, -0.15) is 0 Å². The van der Waals surface area contributed by atoms with Gasteiger partial charge in [-0.25, -0.2) is 8.42 Å². The zero-order chi connectivity index (χ0) is 11.5. The molecule has 0 aromatic carbocycles. The minimum Gasteiger partial charge on any atom is -0.345 e. The maximum atomic E-state index is 11.3. The molecular weight excluding hydrogens is 206 g/mol. The van der Waals surface area contributed by atoms with Crippen LogP contribution in [0.5, 0.6) is 0 Å². The molecule has 6 heteroatoms. The van der Waals surface area contributed by atoms with Gasteiger partial charge in [-0.05, 0) is 20.8 Å². The SMILES string of the molecule is CC(=O)C(C)NC(=O)C(C)S(C)(=O)=O. The molecule has 0 heterocycles. The molecule has 0 fully saturated rings. The lowest BCUT2D eigenvalue weighted by Crippen LogP contribution is -2.44. The minimum absolute atomic E-state index is 0.209. The number of ketones is 1. The topological polar surface area (TPSA) is 80.3 Å². The molecule has 2 unspecified atom stereocenters. The first kappa shape index (κ1) is 13.1. The summed E-state index contributed by atoms with van der Waals surface area (Å²) in [6, 6.07) is -0.647. The molecule has 1 amide bonds. The summed E-state index contributed by atoms with van der Waals surface area (Å²) in [7, 11) is -3.40. The van der Waals surface area contributed by atoms with Crippen molar-refractivity contribution in [2.45, 2.75) is 32.1 Å². The van der Waals surface area contributed by atoms with Gasteiger partial charge in [0, 0.05) is 6.26 Å². The first-order chi connectivity index (χ1) is 6.16. The molecule has 0 aromatic heterocycles. The molecule has 0 saturated heterocycles. The van der Waals surface area contributed by atoms with E-state index in [0.29, 0.717) is 0 Å². The van der Waals surface area contributed by atoms with Crippen LogP contribution in [0.2, 0.25) is 0 Å². The maximum absolute atomic E-state index is 11.3. The smallest absolute Gasteiger partial charge is 0.238 e. The van der Waals surface area contributed by atoms with Crippen molar-refractivity contribution in [2.24, 2.45) is 0 Å². The van der Waals surface area contributed by atoms with Crippen LogP contribution in [-0.2, 0) is 19.4 Å². The van der Waals surface area contributed by atoms with Crippen molar-refractivity contribution in [1.29, 1.82) is 0 Å². The van der Waals surface area contributed by atoms with Crippen LogP contribution >= 0.6 is 0 Å². The molecule has 0 saturated carbocycles. The first-order valence-electron chi connectivity index (χ1n) is 4.16. The summed E-state index contributed by atoms with van der Waals surface area (Å²) in [6.45, 7) is 4.13. The van der Waals surface area contributed by atoms with Crippen LogP contribution in [0, 0.1) is 0 Å². The third kappa shape index (κ3) is 3.87. The molecule has 82 valence electrons. The number of hydrogen-bond donors (Lipinski definition) is 1. The standard InChI is InChI=1S/C8H15NO4S/c1-5(6(2)10)9-8(11)7(3)14(4,12)13/h5,7H,1-4H3,(H,9,11).